The van der Waals surface area contributed by atoms with Gasteiger partial charge in [0, 0.05) is 68.2 Å². The summed E-state index contributed by atoms with van der Waals surface area (Å²) >= 11 is 10.2. The van der Waals surface area contributed by atoms with E-state index in [0.29, 0.717) is 4.88 Å². The Hall–Kier alpha value is -9.98. The van der Waals surface area contributed by atoms with Crippen LogP contribution in [0.2, 0.25) is 0 Å². The molecule has 0 saturated carbocycles. The Morgan fingerprint density at radius 3 is 1.24 bits per heavy atom. The molecule has 6 aromatic heterocycles. The molecule has 7 aromatic carbocycles. The minimum Gasteiger partial charge on any atom is -0.294 e. The van der Waals surface area contributed by atoms with Crippen molar-refractivity contribution < 1.29 is 27.2 Å². The van der Waals surface area contributed by atoms with E-state index in [0.717, 1.165) is 198 Å². The van der Waals surface area contributed by atoms with Crippen LogP contribution in [-0.2, 0) is 42.9 Å². The van der Waals surface area contributed by atoms with E-state index < -0.39 is 51.6 Å². The number of unbranched alkanes of at least 4 members (excludes halogenated alkanes) is 12. The van der Waals surface area contributed by atoms with Crippen LogP contribution in [0.1, 0.15) is 239 Å². The Morgan fingerprint density at radius 1 is 0.430 bits per heavy atom. The number of carbonyl (C=O) groups excluding carboxylic acids is 2. The van der Waals surface area contributed by atoms with Crippen molar-refractivity contribution in [3.8, 4) is 33.0 Å². The van der Waals surface area contributed by atoms with E-state index in [4.69, 9.17) is 13.1 Å². The first-order chi connectivity index (χ1) is 55.6. The fourth-order valence-electron chi connectivity index (χ4n) is 18.5. The largest absolute Gasteiger partial charge is 0.294 e. The van der Waals surface area contributed by atoms with Crippen molar-refractivity contribution in [1.82, 2.24) is 0 Å². The molecular formula is C98H80F4N4O2S6. The molecule has 0 amide bonds. The van der Waals surface area contributed by atoms with Gasteiger partial charge in [-0.3, -0.25) is 9.59 Å². The number of Topliss-reactive ketones (excluding diaryl/α,β-unsaturated/α-hetero) is 2. The van der Waals surface area contributed by atoms with Crippen molar-refractivity contribution in [3.63, 3.8) is 0 Å². The van der Waals surface area contributed by atoms with Crippen LogP contribution in [-0.4, -0.2) is 11.6 Å². The highest BCUT2D eigenvalue weighted by atomic mass is 32.1. The Kier molecular flexibility index (Phi) is 21.3. The molecule has 4 aliphatic rings. The summed E-state index contributed by atoms with van der Waals surface area (Å²) in [4.78, 5) is 39.9. The van der Waals surface area contributed by atoms with Crippen LogP contribution in [0.3, 0.4) is 0 Å². The predicted octanol–water partition coefficient (Wildman–Crippen LogP) is 29.1. The number of benzene rings is 7. The van der Waals surface area contributed by atoms with Crippen LogP contribution >= 0.6 is 68.0 Å². The van der Waals surface area contributed by atoms with Crippen LogP contribution in [0.15, 0.2) is 163 Å². The summed E-state index contributed by atoms with van der Waals surface area (Å²) in [5, 5.41) is 20.7. The van der Waals surface area contributed by atoms with Gasteiger partial charge in [0.2, 0.25) is 0 Å². The summed E-state index contributed by atoms with van der Waals surface area (Å²) in [6.45, 7) is 25.0. The van der Waals surface area contributed by atoms with Gasteiger partial charge in [0.05, 0.1) is 64.3 Å². The molecule has 0 spiro atoms. The number of carbonyl (C=O) groups is 2. The summed E-state index contributed by atoms with van der Waals surface area (Å²) in [7, 11) is 0. The van der Waals surface area contributed by atoms with Crippen LogP contribution in [0.25, 0.3) is 85.4 Å². The zero-order valence-electron chi connectivity index (χ0n) is 63.9. The first kappa shape index (κ1) is 76.6. The van der Waals surface area contributed by atoms with Crippen LogP contribution in [0, 0.1) is 65.0 Å². The molecule has 0 fully saturated rings. The van der Waals surface area contributed by atoms with Gasteiger partial charge in [-0.05, 0) is 196 Å². The number of hydrogen-bond acceptors (Lipinski definition) is 10. The highest BCUT2D eigenvalue weighted by Gasteiger charge is 2.55. The van der Waals surface area contributed by atoms with E-state index in [2.05, 4.69) is 159 Å². The fourth-order valence-corrected chi connectivity index (χ4v) is 27.3. The maximum Gasteiger partial charge on any atom is 0.270 e. The van der Waals surface area contributed by atoms with E-state index in [1.54, 1.807) is 51.4 Å². The number of fused-ring (bicyclic) bond motifs is 16. The molecule has 0 saturated heterocycles. The molecule has 0 N–H and O–H groups in total. The zero-order valence-corrected chi connectivity index (χ0v) is 68.8. The summed E-state index contributed by atoms with van der Waals surface area (Å²) < 4.78 is 68.9. The predicted molar refractivity (Wildman–Crippen MR) is 465 cm³/mol. The molecule has 13 aromatic rings. The lowest BCUT2D eigenvalue weighted by atomic mass is 9.65. The number of ketones is 2. The number of aryl methyl sites for hydroxylation is 4. The number of nitrogens with zero attached hydrogens (tertiary/aromatic N) is 4. The standard InChI is InChI=1S/C98H80F4N4O2S6/c1-7-11-15-19-23-55-27-35-59(36-28-55)97(60-37-29-56(30-38-60)24-20-16-12-8-2)73-47-70-74(48-69(73)89-85(97)93-95(113-89)91-81(111-93)45-63(109-91)43-71-83(79(53-103)105-5)65-49-75(99)77(101)51-67(65)87(71)107)98(61-39-31-57(32-40-61)25-21-17-13-9-3,62-41-33-58(34-42-62)26-22-18-14-10-4)86-90(70)114-96-92-82(112-94(86)96)46-64(110-92)44-72-84(80(54-104)106-6)66-50-76(100)78(102)52-68(66)88(72)108/h27-43,45-52,72H,7-26,44H2,1-4H3/b71-43-,83-79-,84-80+. The maximum atomic E-state index is 15.1. The molecule has 0 radical (unpaired) electrons. The van der Waals surface area contributed by atoms with Crippen LogP contribution in [0.5, 0.6) is 0 Å². The molecule has 0 aliphatic heterocycles. The van der Waals surface area contributed by atoms with Crippen molar-refractivity contribution in [3.05, 3.63) is 307 Å². The summed E-state index contributed by atoms with van der Waals surface area (Å²) in [5.74, 6) is -6.71. The molecule has 568 valence electrons. The van der Waals surface area contributed by atoms with Gasteiger partial charge in [-0.25, -0.2) is 37.8 Å². The number of rotatable bonds is 27. The molecule has 1 atom stereocenters. The molecule has 4 aliphatic carbocycles. The van der Waals surface area contributed by atoms with Gasteiger partial charge in [0.25, 0.3) is 11.4 Å². The zero-order chi connectivity index (χ0) is 78.8. The van der Waals surface area contributed by atoms with Gasteiger partial charge < -0.3 is 0 Å². The average molecular weight is 1610 g/mol. The third kappa shape index (κ3) is 12.7. The summed E-state index contributed by atoms with van der Waals surface area (Å²) in [5.41, 5.74) is 14.6. The Balaban J connectivity index is 0.922. The fraction of sp³-hybridized carbons (Fsp3) is 0.286. The van der Waals surface area contributed by atoms with Gasteiger partial charge in [-0.15, -0.1) is 68.0 Å². The second-order valence-corrected chi connectivity index (χ2v) is 37.3. The van der Waals surface area contributed by atoms with E-state index >= 15 is 17.6 Å². The number of hydrogen-bond donors (Lipinski definition) is 0. The van der Waals surface area contributed by atoms with E-state index in [9.17, 15) is 20.1 Å². The van der Waals surface area contributed by atoms with E-state index in [1.807, 2.05) is 23.5 Å². The quantitative estimate of drug-likeness (QED) is 0.0169. The first-order valence-corrected chi connectivity index (χ1v) is 44.9. The van der Waals surface area contributed by atoms with Crippen molar-refractivity contribution in [2.45, 2.75) is 173 Å². The molecular weight excluding hydrogens is 1530 g/mol. The van der Waals surface area contributed by atoms with Crippen molar-refractivity contribution in [1.29, 1.82) is 10.5 Å². The lowest BCUT2D eigenvalue weighted by Gasteiger charge is -2.36. The van der Waals surface area contributed by atoms with Gasteiger partial charge in [-0.1, -0.05) is 202 Å². The Morgan fingerprint density at radius 2 is 0.825 bits per heavy atom. The second-order valence-electron chi connectivity index (χ2n) is 30.9. The third-order valence-corrected chi connectivity index (χ3v) is 31.9. The third-order valence-electron chi connectivity index (χ3n) is 24.0. The SMILES string of the molecule is [C-]#[N+]/C(C#N)=C1\C(=C\c2cc3sc4c5c(sc4c3s2)-c2cc3c(cc2C5(c2ccc(CCCCCC)cc2)c2ccc(CCCCCC)cc2)-c2sc4c(sc5cc(CC6C(=O)c7cc(F)c(F)cc7/C6=C(/C#N)[N+]#[C-])sc54)c2C3(c2ccc(CCCCCC)cc2)c2ccc(CCCCCC)cc2)C(=O)c2cc(F)c(F)cc21. The van der Waals surface area contributed by atoms with E-state index in [1.165, 1.54) is 96.0 Å². The van der Waals surface area contributed by atoms with Gasteiger partial charge in [-0.2, -0.15) is 0 Å². The molecule has 16 heteroatoms. The van der Waals surface area contributed by atoms with Crippen molar-refractivity contribution >= 4 is 134 Å². The smallest absolute Gasteiger partial charge is 0.270 e. The minimum absolute atomic E-state index is 0.00404. The molecule has 17 rings (SSSR count). The molecule has 114 heavy (non-hydrogen) atoms. The summed E-state index contributed by atoms with van der Waals surface area (Å²) in [6, 6.07) is 55.0. The van der Waals surface area contributed by atoms with Gasteiger partial charge in [0.1, 0.15) is 0 Å². The first-order valence-electron chi connectivity index (χ1n) is 40.0. The van der Waals surface area contributed by atoms with Gasteiger partial charge >= 0.3 is 0 Å². The number of nitriles is 2. The van der Waals surface area contributed by atoms with Crippen molar-refractivity contribution in [2.75, 3.05) is 0 Å². The Bertz CT molecular complexity index is 6220. The molecule has 0 bridgehead atoms. The number of allylic oxidation sites excluding steroid dienone is 5. The van der Waals surface area contributed by atoms with E-state index in [-0.39, 0.29) is 56.8 Å². The normalized spacial score (nSPS) is 16.0. The number of thiophene rings is 6. The Labute approximate surface area is 686 Å². The average Bonchev–Trinajstić information content (AvgIpc) is 1.48. The minimum atomic E-state index is -1.19. The topological polar surface area (TPSA) is 90.4 Å². The highest BCUT2D eigenvalue weighted by Crippen LogP contribution is 2.69. The molecule has 1 unspecified atom stereocenters. The second kappa shape index (κ2) is 31.7. The lowest BCUT2D eigenvalue weighted by molar-refractivity contribution is 0.0957. The van der Waals surface area contributed by atoms with Crippen molar-refractivity contribution in [2.24, 2.45) is 5.92 Å². The highest BCUT2D eigenvalue weighted by molar-refractivity contribution is 7.40. The van der Waals surface area contributed by atoms with Crippen LogP contribution in [0.4, 0.5) is 17.6 Å². The maximum absolute atomic E-state index is 15.1. The van der Waals surface area contributed by atoms with Gasteiger partial charge in [0.15, 0.2) is 34.8 Å². The van der Waals surface area contributed by atoms with Crippen LogP contribution < -0.4 is 0 Å². The number of halogens is 4. The monoisotopic (exact) mass is 1610 g/mol. The molecule has 6 heterocycles. The summed E-state index contributed by atoms with van der Waals surface area (Å²) in [6.07, 6.45) is 24.0. The molecule has 6 nitrogen and oxygen atoms in total. The lowest BCUT2D eigenvalue weighted by Crippen LogP contribution is -2.30.